The number of halogens is 6. The summed E-state index contributed by atoms with van der Waals surface area (Å²) in [5.41, 5.74) is 8.48. The highest BCUT2D eigenvalue weighted by Gasteiger charge is 2.37. The maximum absolute atomic E-state index is 13.3. The molecule has 1 aliphatic heterocycles. The molecule has 16 heteroatoms. The molecule has 3 unspecified atom stereocenters. The molecule has 0 radical (unpaired) electrons. The summed E-state index contributed by atoms with van der Waals surface area (Å²) in [6.45, 7) is 4.24. The van der Waals surface area contributed by atoms with Crippen molar-refractivity contribution < 1.29 is 31.8 Å². The molecule has 232 valence electrons. The molecule has 0 saturated carbocycles. The van der Waals surface area contributed by atoms with Gasteiger partial charge in [0.2, 0.25) is 4.34 Å². The van der Waals surface area contributed by atoms with Crippen LogP contribution in [0.5, 0.6) is 5.75 Å². The van der Waals surface area contributed by atoms with Crippen molar-refractivity contribution in [2.24, 2.45) is 11.7 Å². The van der Waals surface area contributed by atoms with Gasteiger partial charge in [0.25, 0.3) is 10.0 Å². The van der Waals surface area contributed by atoms with E-state index in [-0.39, 0.29) is 70.2 Å². The molecule has 3 atom stereocenters. The summed E-state index contributed by atoms with van der Waals surface area (Å²) in [4.78, 5) is 4.92. The van der Waals surface area contributed by atoms with Crippen LogP contribution in [0.4, 0.5) is 18.9 Å². The Hall–Kier alpha value is -1.84. The smallest absolute Gasteiger partial charge is 0.412 e. The molecular weight excluding hydrogens is 648 g/mol. The fourth-order valence-electron chi connectivity index (χ4n) is 4.58. The van der Waals surface area contributed by atoms with Crippen LogP contribution in [0, 0.1) is 19.8 Å². The SMILES string of the molecule is Cc1nc(S(=O)(=O)N(C)c2ccc(OC(F)(F)F)c(C(N)C3CCCNC3c3ccccc3)c2)sc1C.Cl.Cl.Cl.O. The highest BCUT2D eigenvalue weighted by molar-refractivity contribution is 7.94. The summed E-state index contributed by atoms with van der Waals surface area (Å²) < 4.78 is 71.6. The van der Waals surface area contributed by atoms with Crippen molar-refractivity contribution in [3.05, 3.63) is 70.2 Å². The highest BCUT2D eigenvalue weighted by Crippen LogP contribution is 2.42. The summed E-state index contributed by atoms with van der Waals surface area (Å²) >= 11 is 1.04. The number of benzene rings is 2. The summed E-state index contributed by atoms with van der Waals surface area (Å²) in [7, 11) is -2.70. The van der Waals surface area contributed by atoms with Crippen molar-refractivity contribution >= 4 is 64.3 Å². The predicted molar refractivity (Wildman–Crippen MR) is 162 cm³/mol. The van der Waals surface area contributed by atoms with Crippen molar-refractivity contribution in [3.63, 3.8) is 0 Å². The minimum Gasteiger partial charge on any atom is -0.412 e. The number of anilines is 1. The van der Waals surface area contributed by atoms with E-state index in [1.54, 1.807) is 13.8 Å². The number of nitrogens with zero attached hydrogens (tertiary/aromatic N) is 2. The topological polar surface area (TPSA) is 129 Å². The molecule has 1 fully saturated rings. The average molecular weight is 682 g/mol. The zero-order chi connectivity index (χ0) is 27.0. The molecule has 1 aliphatic rings. The van der Waals surface area contributed by atoms with Gasteiger partial charge in [-0.1, -0.05) is 30.3 Å². The normalized spacial score (nSPS) is 17.5. The average Bonchev–Trinajstić information content (AvgIpc) is 3.22. The van der Waals surface area contributed by atoms with Crippen LogP contribution in [0.25, 0.3) is 0 Å². The molecule has 3 aromatic rings. The molecule has 1 aromatic heterocycles. The van der Waals surface area contributed by atoms with E-state index in [1.807, 2.05) is 30.3 Å². The Kier molecular flexibility index (Phi) is 14.9. The molecule has 41 heavy (non-hydrogen) atoms. The van der Waals surface area contributed by atoms with Crippen LogP contribution in [0.15, 0.2) is 52.9 Å². The maximum Gasteiger partial charge on any atom is 0.573 e. The molecule has 8 nitrogen and oxygen atoms in total. The Morgan fingerprint density at radius 3 is 2.32 bits per heavy atom. The second-order valence-corrected chi connectivity index (χ2v) is 12.4. The van der Waals surface area contributed by atoms with Gasteiger partial charge in [-0.3, -0.25) is 4.31 Å². The van der Waals surface area contributed by atoms with Gasteiger partial charge in [0.15, 0.2) is 0 Å². The van der Waals surface area contributed by atoms with Crippen LogP contribution < -0.4 is 20.1 Å². The van der Waals surface area contributed by atoms with Crippen LogP contribution >= 0.6 is 48.6 Å². The molecule has 2 aromatic carbocycles. The first kappa shape index (κ1) is 39.2. The number of ether oxygens (including phenoxy) is 1. The summed E-state index contributed by atoms with van der Waals surface area (Å²) in [6, 6.07) is 12.3. The van der Waals surface area contributed by atoms with Gasteiger partial charge in [0.1, 0.15) is 5.75 Å². The van der Waals surface area contributed by atoms with Crippen molar-refractivity contribution in [2.45, 2.75) is 49.5 Å². The summed E-state index contributed by atoms with van der Waals surface area (Å²) in [5, 5.41) is 3.44. The Bertz CT molecular complexity index is 1350. The van der Waals surface area contributed by atoms with Crippen molar-refractivity contribution in [1.29, 1.82) is 0 Å². The van der Waals surface area contributed by atoms with Crippen LogP contribution in [0.2, 0.25) is 0 Å². The third-order valence-corrected chi connectivity index (χ3v) is 9.87. The van der Waals surface area contributed by atoms with E-state index in [1.165, 1.54) is 19.2 Å². The maximum atomic E-state index is 13.3. The number of aromatic nitrogens is 1. The third kappa shape index (κ3) is 8.83. The largest absolute Gasteiger partial charge is 0.573 e. The molecule has 1 saturated heterocycles. The molecule has 0 spiro atoms. The zero-order valence-electron chi connectivity index (χ0n) is 22.3. The quantitative estimate of drug-likeness (QED) is 0.331. The third-order valence-electron chi connectivity index (χ3n) is 6.66. The Labute approximate surface area is 260 Å². The van der Waals surface area contributed by atoms with Gasteiger partial charge in [-0.05, 0) is 62.9 Å². The van der Waals surface area contributed by atoms with Crippen LogP contribution in [0.3, 0.4) is 0 Å². The van der Waals surface area contributed by atoms with E-state index < -0.39 is 28.2 Å². The second-order valence-electron chi connectivity index (χ2n) is 9.04. The second kappa shape index (κ2) is 15.6. The van der Waals surface area contributed by atoms with E-state index in [9.17, 15) is 21.6 Å². The first-order chi connectivity index (χ1) is 17.4. The Morgan fingerprint density at radius 2 is 1.76 bits per heavy atom. The minimum absolute atomic E-state index is 0. The van der Waals surface area contributed by atoms with Gasteiger partial charge < -0.3 is 21.3 Å². The summed E-state index contributed by atoms with van der Waals surface area (Å²) in [5.74, 6) is -0.707. The molecule has 2 heterocycles. The van der Waals surface area contributed by atoms with E-state index in [0.29, 0.717) is 12.1 Å². The van der Waals surface area contributed by atoms with E-state index in [0.717, 1.165) is 45.1 Å². The summed E-state index contributed by atoms with van der Waals surface area (Å²) in [6.07, 6.45) is -3.46. The number of piperidine rings is 1. The number of hydrogen-bond donors (Lipinski definition) is 2. The van der Waals surface area contributed by atoms with Crippen LogP contribution in [0.1, 0.15) is 46.6 Å². The molecule has 4 rings (SSSR count). The lowest BCUT2D eigenvalue weighted by Gasteiger charge is -2.37. The number of nitrogens with two attached hydrogens (primary N) is 1. The van der Waals surface area contributed by atoms with E-state index in [4.69, 9.17) is 5.73 Å². The van der Waals surface area contributed by atoms with Crippen LogP contribution in [-0.4, -0.2) is 38.8 Å². The monoisotopic (exact) mass is 680 g/mol. The minimum atomic E-state index is -4.94. The lowest BCUT2D eigenvalue weighted by Crippen LogP contribution is -2.40. The standard InChI is InChI=1S/C25H29F3N4O3S2.3ClH.H2O/c1-15-16(2)36-24(31-15)37(33,34)32(3)18-11-12-21(35-25(26,27)28)20(14-18)22(29)19-10-7-13-30-23(19)17-8-5-4-6-9-17;;;;/h4-6,8-9,11-12,14,19,22-23,30H,7,10,13,29H2,1-3H3;3*1H;1H2. The zero-order valence-corrected chi connectivity index (χ0v) is 26.4. The Morgan fingerprint density at radius 1 is 1.12 bits per heavy atom. The Balaban J connectivity index is 0.00000400. The molecular formula is C25H34Cl3F3N4O4S2. The molecule has 0 aliphatic carbocycles. The lowest BCUT2D eigenvalue weighted by molar-refractivity contribution is -0.275. The van der Waals surface area contributed by atoms with Gasteiger partial charge in [0.05, 0.1) is 11.4 Å². The number of aryl methyl sites for hydroxylation is 2. The number of thiazole rings is 1. The first-order valence-electron chi connectivity index (χ1n) is 11.7. The fourth-order valence-corrected chi connectivity index (χ4v) is 7.22. The molecule has 5 N–H and O–H groups in total. The van der Waals surface area contributed by atoms with Gasteiger partial charge in [-0.25, -0.2) is 4.98 Å². The van der Waals surface area contributed by atoms with Gasteiger partial charge in [-0.2, -0.15) is 8.42 Å². The van der Waals surface area contributed by atoms with Gasteiger partial charge in [0, 0.05) is 29.6 Å². The van der Waals surface area contributed by atoms with Gasteiger partial charge in [-0.15, -0.1) is 61.7 Å². The number of hydrogen-bond acceptors (Lipinski definition) is 7. The number of nitrogens with one attached hydrogen (secondary N) is 1. The molecule has 0 bridgehead atoms. The van der Waals surface area contributed by atoms with Gasteiger partial charge >= 0.3 is 6.36 Å². The fraction of sp³-hybridized carbons (Fsp3) is 0.400. The first-order valence-corrected chi connectivity index (χ1v) is 14.0. The van der Waals surface area contributed by atoms with Crippen LogP contribution in [-0.2, 0) is 10.0 Å². The van der Waals surface area contributed by atoms with Crippen molar-refractivity contribution in [3.8, 4) is 5.75 Å². The predicted octanol–water partition coefficient (Wildman–Crippen LogP) is 5.67. The number of alkyl halides is 3. The van der Waals surface area contributed by atoms with E-state index >= 15 is 0 Å². The van der Waals surface area contributed by atoms with E-state index in [2.05, 4.69) is 15.0 Å². The highest BCUT2D eigenvalue weighted by atomic mass is 35.5. The molecule has 0 amide bonds. The number of rotatable bonds is 7. The van der Waals surface area contributed by atoms with Crippen molar-refractivity contribution in [2.75, 3.05) is 17.9 Å². The number of sulfonamides is 1. The van der Waals surface area contributed by atoms with Crippen molar-refractivity contribution in [1.82, 2.24) is 10.3 Å². The lowest BCUT2D eigenvalue weighted by atomic mass is 9.79.